The van der Waals surface area contributed by atoms with Gasteiger partial charge in [0.25, 0.3) is 0 Å². The van der Waals surface area contributed by atoms with E-state index in [2.05, 4.69) is 5.32 Å². The predicted octanol–water partition coefficient (Wildman–Crippen LogP) is 4.82. The van der Waals surface area contributed by atoms with Crippen LogP contribution >= 0.6 is 11.6 Å². The summed E-state index contributed by atoms with van der Waals surface area (Å²) < 4.78 is 50.9. The normalized spacial score (nSPS) is 11.4. The molecule has 3 N–H and O–H groups in total. The van der Waals surface area contributed by atoms with Gasteiger partial charge < -0.3 is 11.1 Å². The van der Waals surface area contributed by atoms with Crippen LogP contribution in [0.5, 0.6) is 0 Å². The molecule has 0 aliphatic rings. The molecule has 2 rings (SSSR count). The first-order chi connectivity index (χ1) is 9.27. The van der Waals surface area contributed by atoms with Crippen molar-refractivity contribution in [1.82, 2.24) is 0 Å². The first-order valence-electron chi connectivity index (χ1n) is 5.46. The Balaban J connectivity index is 2.33. The smallest absolute Gasteiger partial charge is 0.397 e. The number of benzene rings is 2. The van der Waals surface area contributed by atoms with Crippen molar-refractivity contribution in [3.05, 3.63) is 52.8 Å². The molecule has 20 heavy (non-hydrogen) atoms. The topological polar surface area (TPSA) is 38.0 Å². The third-order valence-corrected chi connectivity index (χ3v) is 2.85. The number of rotatable bonds is 2. The Morgan fingerprint density at radius 1 is 1.10 bits per heavy atom. The fraction of sp³-hybridized carbons (Fsp3) is 0.0769. The maximum Gasteiger partial charge on any atom is 0.416 e. The van der Waals surface area contributed by atoms with E-state index in [1.54, 1.807) is 0 Å². The summed E-state index contributed by atoms with van der Waals surface area (Å²) in [4.78, 5) is 0. The van der Waals surface area contributed by atoms with E-state index in [-0.39, 0.29) is 22.1 Å². The highest BCUT2D eigenvalue weighted by molar-refractivity contribution is 6.31. The number of nitrogens with one attached hydrogen (secondary N) is 1. The lowest BCUT2D eigenvalue weighted by Crippen LogP contribution is -2.05. The summed E-state index contributed by atoms with van der Waals surface area (Å²) in [6, 6.07) is 6.78. The summed E-state index contributed by atoms with van der Waals surface area (Å²) in [5, 5.41) is 2.50. The molecule has 0 radical (unpaired) electrons. The Hall–Kier alpha value is -1.95. The maximum absolute atomic E-state index is 13.1. The molecule has 0 amide bonds. The van der Waals surface area contributed by atoms with Crippen molar-refractivity contribution in [3.63, 3.8) is 0 Å². The lowest BCUT2D eigenvalue weighted by Gasteiger charge is -2.12. The van der Waals surface area contributed by atoms with Crippen molar-refractivity contribution in [2.45, 2.75) is 6.18 Å². The molecule has 0 saturated carbocycles. The maximum atomic E-state index is 13.1. The van der Waals surface area contributed by atoms with Crippen molar-refractivity contribution in [2.24, 2.45) is 0 Å². The highest BCUT2D eigenvalue weighted by Gasteiger charge is 2.30. The van der Waals surface area contributed by atoms with Crippen LogP contribution in [0.1, 0.15) is 5.56 Å². The fourth-order valence-corrected chi connectivity index (χ4v) is 1.76. The van der Waals surface area contributed by atoms with Crippen molar-refractivity contribution < 1.29 is 17.6 Å². The van der Waals surface area contributed by atoms with Crippen molar-refractivity contribution in [2.75, 3.05) is 11.1 Å². The van der Waals surface area contributed by atoms with Crippen LogP contribution in [0.2, 0.25) is 5.02 Å². The molecule has 0 heterocycles. The minimum Gasteiger partial charge on any atom is -0.397 e. The van der Waals surface area contributed by atoms with E-state index in [9.17, 15) is 17.6 Å². The lowest BCUT2D eigenvalue weighted by atomic mass is 10.2. The molecule has 7 heteroatoms. The summed E-state index contributed by atoms with van der Waals surface area (Å²) in [7, 11) is 0. The van der Waals surface area contributed by atoms with Crippen LogP contribution in [0.15, 0.2) is 36.4 Å². The van der Waals surface area contributed by atoms with Crippen molar-refractivity contribution in [1.29, 1.82) is 0 Å². The molecule has 0 unspecified atom stereocenters. The standard InChI is InChI=1S/C13H9ClF4N2/c14-9-5-12(11(19)6-10(9)15)20-8-3-1-2-7(4-8)13(16,17)18/h1-6,20H,19H2. The molecule has 0 fully saturated rings. The zero-order chi connectivity index (χ0) is 14.9. The van der Waals surface area contributed by atoms with E-state index in [0.717, 1.165) is 18.2 Å². The molecule has 0 aromatic heterocycles. The number of alkyl halides is 3. The summed E-state index contributed by atoms with van der Waals surface area (Å²) in [6.45, 7) is 0. The van der Waals surface area contributed by atoms with Gasteiger partial charge in [0.15, 0.2) is 0 Å². The van der Waals surface area contributed by atoms with Crippen LogP contribution in [-0.2, 0) is 6.18 Å². The van der Waals surface area contributed by atoms with Gasteiger partial charge >= 0.3 is 6.18 Å². The van der Waals surface area contributed by atoms with Crippen LogP contribution in [0.25, 0.3) is 0 Å². The van der Waals surface area contributed by atoms with E-state index in [0.29, 0.717) is 0 Å². The van der Waals surface area contributed by atoms with Gasteiger partial charge in [-0.25, -0.2) is 4.39 Å². The third-order valence-electron chi connectivity index (χ3n) is 2.56. The number of hydrogen-bond acceptors (Lipinski definition) is 2. The number of anilines is 3. The van der Waals surface area contributed by atoms with Crippen LogP contribution < -0.4 is 11.1 Å². The third kappa shape index (κ3) is 3.14. The number of halogens is 5. The van der Waals surface area contributed by atoms with Gasteiger partial charge in [0.05, 0.1) is 22.0 Å². The second-order valence-electron chi connectivity index (χ2n) is 4.06. The fourth-order valence-electron chi connectivity index (χ4n) is 1.60. The molecule has 2 aromatic rings. The quantitative estimate of drug-likeness (QED) is 0.616. The Kier molecular flexibility index (Phi) is 3.76. The van der Waals surface area contributed by atoms with E-state index >= 15 is 0 Å². The molecule has 0 atom stereocenters. The van der Waals surface area contributed by atoms with Crippen LogP contribution in [0.3, 0.4) is 0 Å². The van der Waals surface area contributed by atoms with E-state index in [1.807, 2.05) is 0 Å². The molecular formula is C13H9ClF4N2. The first kappa shape index (κ1) is 14.5. The molecule has 0 spiro atoms. The Morgan fingerprint density at radius 2 is 1.80 bits per heavy atom. The van der Waals surface area contributed by atoms with Crippen LogP contribution in [-0.4, -0.2) is 0 Å². The molecule has 2 aromatic carbocycles. The Labute approximate surface area is 117 Å². The van der Waals surface area contributed by atoms with Crippen molar-refractivity contribution >= 4 is 28.7 Å². The van der Waals surface area contributed by atoms with E-state index in [1.165, 1.54) is 18.2 Å². The highest BCUT2D eigenvalue weighted by atomic mass is 35.5. The van der Waals surface area contributed by atoms with Gasteiger partial charge in [-0.2, -0.15) is 13.2 Å². The molecule has 0 saturated heterocycles. The molecule has 0 bridgehead atoms. The monoisotopic (exact) mass is 304 g/mol. The predicted molar refractivity (Wildman–Crippen MR) is 70.5 cm³/mol. The number of nitrogen functional groups attached to an aromatic ring is 1. The molecule has 0 aliphatic carbocycles. The summed E-state index contributed by atoms with van der Waals surface area (Å²) in [5.74, 6) is -0.696. The average Bonchev–Trinajstić information content (AvgIpc) is 2.35. The van der Waals surface area contributed by atoms with Gasteiger partial charge in [-0.15, -0.1) is 0 Å². The van der Waals surface area contributed by atoms with Gasteiger partial charge in [0.2, 0.25) is 0 Å². The first-order valence-corrected chi connectivity index (χ1v) is 5.84. The second kappa shape index (κ2) is 5.20. The molecule has 2 nitrogen and oxygen atoms in total. The van der Waals surface area contributed by atoms with Crippen LogP contribution in [0.4, 0.5) is 34.6 Å². The number of nitrogens with two attached hydrogens (primary N) is 1. The molecule has 106 valence electrons. The minimum atomic E-state index is -4.44. The summed E-state index contributed by atoms with van der Waals surface area (Å²) in [5.41, 5.74) is 5.23. The van der Waals surface area contributed by atoms with E-state index < -0.39 is 17.6 Å². The summed E-state index contributed by atoms with van der Waals surface area (Å²) in [6.07, 6.45) is -4.44. The minimum absolute atomic E-state index is 0.0457. The second-order valence-corrected chi connectivity index (χ2v) is 4.46. The van der Waals surface area contributed by atoms with E-state index in [4.69, 9.17) is 17.3 Å². The van der Waals surface area contributed by atoms with Gasteiger partial charge in [-0.3, -0.25) is 0 Å². The zero-order valence-corrected chi connectivity index (χ0v) is 10.7. The average molecular weight is 305 g/mol. The number of hydrogen-bond donors (Lipinski definition) is 2. The highest BCUT2D eigenvalue weighted by Crippen LogP contribution is 2.33. The Bertz CT molecular complexity index is 641. The zero-order valence-electron chi connectivity index (χ0n) is 9.93. The Morgan fingerprint density at radius 3 is 2.45 bits per heavy atom. The largest absolute Gasteiger partial charge is 0.416 e. The van der Waals surface area contributed by atoms with Gasteiger partial charge in [0.1, 0.15) is 5.82 Å². The molecular weight excluding hydrogens is 296 g/mol. The SMILES string of the molecule is Nc1cc(F)c(Cl)cc1Nc1cccc(C(F)(F)F)c1. The summed E-state index contributed by atoms with van der Waals surface area (Å²) >= 11 is 5.61. The van der Waals surface area contributed by atoms with Crippen LogP contribution in [0, 0.1) is 5.82 Å². The molecule has 0 aliphatic heterocycles. The lowest BCUT2D eigenvalue weighted by molar-refractivity contribution is -0.137. The van der Waals surface area contributed by atoms with Gasteiger partial charge in [0, 0.05) is 11.8 Å². The van der Waals surface area contributed by atoms with Crippen molar-refractivity contribution in [3.8, 4) is 0 Å². The van der Waals surface area contributed by atoms with Gasteiger partial charge in [-0.05, 0) is 24.3 Å². The van der Waals surface area contributed by atoms with Gasteiger partial charge in [-0.1, -0.05) is 17.7 Å².